The predicted octanol–water partition coefficient (Wildman–Crippen LogP) is 7.10. The molecule has 0 N–H and O–H groups in total. The zero-order valence-corrected chi connectivity index (χ0v) is 33.4. The molecule has 0 aromatic heterocycles. The minimum atomic E-state index is -2.18. The summed E-state index contributed by atoms with van der Waals surface area (Å²) in [6.45, 7) is 38.6. The zero-order valence-electron chi connectivity index (χ0n) is 27.4. The topological polar surface area (TPSA) is 72.5 Å². The highest BCUT2D eigenvalue weighted by Crippen LogP contribution is 2.29. The van der Waals surface area contributed by atoms with Crippen molar-refractivity contribution >= 4 is 55.9 Å². The van der Waals surface area contributed by atoms with Gasteiger partial charge in [0.1, 0.15) is 12.2 Å². The molecule has 222 valence electrons. The summed E-state index contributed by atoms with van der Waals surface area (Å²) >= 11 is 0. The Labute approximate surface area is 235 Å². The fourth-order valence-corrected chi connectivity index (χ4v) is 9.11. The molecular weight excluding hydrogens is 569 g/mol. The second-order valence-electron chi connectivity index (χ2n) is 15.8. The van der Waals surface area contributed by atoms with Gasteiger partial charge in [0.15, 0.2) is 47.7 Å². The van der Waals surface area contributed by atoms with Crippen molar-refractivity contribution in [3.8, 4) is 0 Å². The third kappa shape index (κ3) is 19.3. The van der Waals surface area contributed by atoms with Crippen molar-refractivity contribution in [2.24, 2.45) is 0 Å². The van der Waals surface area contributed by atoms with Crippen LogP contribution in [-0.4, -0.2) is 86.9 Å². The van der Waals surface area contributed by atoms with E-state index in [1.54, 1.807) is 0 Å². The molecule has 13 heteroatoms. The smallest absolute Gasteiger partial charge is 0.323 e. The van der Waals surface area contributed by atoms with Crippen molar-refractivity contribution in [3.05, 3.63) is 0 Å². The summed E-state index contributed by atoms with van der Waals surface area (Å²) in [5.74, 6) is -0.355. The van der Waals surface area contributed by atoms with Crippen LogP contribution in [0.3, 0.4) is 0 Å². The largest absolute Gasteiger partial charge is 0.518 e. The van der Waals surface area contributed by atoms with Crippen molar-refractivity contribution < 1.29 is 31.4 Å². The molecule has 0 heterocycles. The molecule has 0 aromatic rings. The van der Waals surface area contributed by atoms with E-state index in [1.807, 2.05) is 19.6 Å². The Bertz CT molecular complexity index is 710. The van der Waals surface area contributed by atoms with Gasteiger partial charge in [0.05, 0.1) is 12.7 Å². The molecule has 4 atom stereocenters. The normalized spacial score (nSPS) is 17.8. The van der Waals surface area contributed by atoms with Crippen molar-refractivity contribution in [2.45, 2.75) is 142 Å². The van der Waals surface area contributed by atoms with Gasteiger partial charge in [-0.2, -0.15) is 0 Å². The molecule has 0 saturated carbocycles. The minimum absolute atomic E-state index is 0.355. The molecule has 0 fully saturated rings. The third-order valence-corrected chi connectivity index (χ3v) is 10.0. The molecule has 0 aliphatic carbocycles. The van der Waals surface area contributed by atoms with Gasteiger partial charge in [-0.05, 0) is 118 Å². The van der Waals surface area contributed by atoms with Crippen LogP contribution in [0.2, 0.25) is 118 Å². The Hall–Kier alpha value is 0.571. The van der Waals surface area contributed by atoms with Crippen LogP contribution in [0.15, 0.2) is 0 Å². The highest BCUT2D eigenvalue weighted by Gasteiger charge is 2.48. The Kier molecular flexibility index (Phi) is 13.7. The molecule has 0 aliphatic rings. The molecule has 7 nitrogen and oxygen atoms in total. The second kappa shape index (κ2) is 13.5. The lowest BCUT2D eigenvalue weighted by molar-refractivity contribution is -0.155. The molecular formula is C24H60O7Si6. The van der Waals surface area contributed by atoms with Gasteiger partial charge < -0.3 is 26.6 Å². The van der Waals surface area contributed by atoms with Gasteiger partial charge >= 0.3 is 5.97 Å². The van der Waals surface area contributed by atoms with E-state index in [2.05, 4.69) is 98.2 Å². The summed E-state index contributed by atoms with van der Waals surface area (Å²) in [4.78, 5) is 13.8. The molecule has 0 unspecified atom stereocenters. The second-order valence-corrected chi connectivity index (χ2v) is 42.6. The van der Waals surface area contributed by atoms with Crippen molar-refractivity contribution in [2.75, 3.05) is 6.61 Å². The summed E-state index contributed by atoms with van der Waals surface area (Å²) in [6, 6.07) is 0. The maximum Gasteiger partial charge on any atom is 0.323 e. The lowest BCUT2D eigenvalue weighted by Gasteiger charge is -2.45. The average Bonchev–Trinajstić information content (AvgIpc) is 2.54. The summed E-state index contributed by atoms with van der Waals surface area (Å²) in [5, 5.41) is 0. The van der Waals surface area contributed by atoms with Gasteiger partial charge in [0.25, 0.3) is 0 Å². The monoisotopic (exact) mass is 628 g/mol. The van der Waals surface area contributed by atoms with Gasteiger partial charge in [0.2, 0.25) is 8.32 Å². The zero-order chi connectivity index (χ0) is 29.8. The predicted molar refractivity (Wildman–Crippen MR) is 172 cm³/mol. The highest BCUT2D eigenvalue weighted by atomic mass is 28.4. The fraction of sp³-hybridized carbons (Fsp3) is 0.958. The standard InChI is InChI=1S/C24H60O7Si6/c1-32(2,3)26-19-20(27-33(4,5)6)21(28-34(7,8)9)22(29-35(10,11)12)23(30-36(13,14)15)24(25)31-37(16,17)18/h20-23H,19H2,1-18H3/t20-,21-,22+,23-/m1/s1. The molecule has 0 spiro atoms. The van der Waals surface area contributed by atoms with Crippen LogP contribution in [0.4, 0.5) is 0 Å². The van der Waals surface area contributed by atoms with Gasteiger partial charge in [-0.1, -0.05) is 0 Å². The molecule has 0 aliphatic heterocycles. The van der Waals surface area contributed by atoms with Crippen LogP contribution in [0, 0.1) is 0 Å². The van der Waals surface area contributed by atoms with E-state index in [0.29, 0.717) is 6.61 Å². The molecule has 0 rings (SSSR count). The molecule has 0 bridgehead atoms. The molecule has 0 saturated heterocycles. The molecule has 0 aromatic carbocycles. The van der Waals surface area contributed by atoms with Crippen LogP contribution < -0.4 is 0 Å². The van der Waals surface area contributed by atoms with Gasteiger partial charge in [-0.15, -0.1) is 0 Å². The Balaban J connectivity index is 7.03. The van der Waals surface area contributed by atoms with E-state index in [-0.39, 0.29) is 12.1 Å². The Morgan fingerprint density at radius 3 is 1.19 bits per heavy atom. The lowest BCUT2D eigenvalue weighted by Crippen LogP contribution is -2.61. The summed E-state index contributed by atoms with van der Waals surface area (Å²) < 4.78 is 39.6. The number of rotatable bonds is 16. The molecule has 37 heavy (non-hydrogen) atoms. The first kappa shape index (κ1) is 37.6. The lowest BCUT2D eigenvalue weighted by atomic mass is 10.0. The first-order chi connectivity index (χ1) is 16.0. The van der Waals surface area contributed by atoms with Crippen LogP contribution in [0.25, 0.3) is 0 Å². The number of hydrogen-bond acceptors (Lipinski definition) is 7. The first-order valence-electron chi connectivity index (χ1n) is 13.6. The molecule has 0 radical (unpaired) electrons. The quantitative estimate of drug-likeness (QED) is 0.169. The van der Waals surface area contributed by atoms with E-state index in [4.69, 9.17) is 26.6 Å². The minimum Gasteiger partial charge on any atom is -0.518 e. The third-order valence-electron chi connectivity index (χ3n) is 4.27. The van der Waals surface area contributed by atoms with Crippen molar-refractivity contribution in [3.63, 3.8) is 0 Å². The number of hydrogen-bond donors (Lipinski definition) is 0. The van der Waals surface area contributed by atoms with Gasteiger partial charge in [-0.3, -0.25) is 4.79 Å². The van der Waals surface area contributed by atoms with E-state index in [9.17, 15) is 4.79 Å². The average molecular weight is 629 g/mol. The summed E-state index contributed by atoms with van der Waals surface area (Å²) in [6.07, 6.45) is -2.48. The maximum atomic E-state index is 13.8. The fourth-order valence-electron chi connectivity index (χ4n) is 3.44. The van der Waals surface area contributed by atoms with Crippen molar-refractivity contribution in [1.82, 2.24) is 0 Å². The SMILES string of the molecule is C[Si](C)(C)OC[C@@H](O[Si](C)(C)C)[C@@H](O[Si](C)(C)C)[C@H](O[Si](C)(C)C)[C@@H](O[Si](C)(C)C)C(=O)O[Si](C)(C)C. The van der Waals surface area contributed by atoms with Crippen LogP contribution >= 0.6 is 0 Å². The van der Waals surface area contributed by atoms with E-state index >= 15 is 0 Å². The van der Waals surface area contributed by atoms with E-state index < -0.39 is 68.2 Å². The summed E-state index contributed by atoms with van der Waals surface area (Å²) in [5.41, 5.74) is 0. The Morgan fingerprint density at radius 2 is 0.865 bits per heavy atom. The number of carbonyl (C=O) groups excluding carboxylic acids is 1. The Morgan fingerprint density at radius 1 is 0.486 bits per heavy atom. The van der Waals surface area contributed by atoms with Crippen molar-refractivity contribution in [1.29, 1.82) is 0 Å². The highest BCUT2D eigenvalue weighted by molar-refractivity contribution is 6.72. The maximum absolute atomic E-state index is 13.8. The van der Waals surface area contributed by atoms with E-state index in [1.165, 1.54) is 0 Å². The van der Waals surface area contributed by atoms with Crippen LogP contribution in [0.5, 0.6) is 0 Å². The van der Waals surface area contributed by atoms with E-state index in [0.717, 1.165) is 0 Å². The molecule has 0 amide bonds. The first-order valence-corrected chi connectivity index (χ1v) is 34.0. The van der Waals surface area contributed by atoms with Gasteiger partial charge in [-0.25, -0.2) is 0 Å². The van der Waals surface area contributed by atoms with Gasteiger partial charge in [0, 0.05) is 0 Å². The van der Waals surface area contributed by atoms with Crippen LogP contribution in [-0.2, 0) is 31.4 Å². The number of carbonyl (C=O) groups is 1. The summed E-state index contributed by atoms with van der Waals surface area (Å²) in [7, 11) is -12.5. The van der Waals surface area contributed by atoms with Crippen LogP contribution in [0.1, 0.15) is 0 Å².